The van der Waals surface area contributed by atoms with Crippen LogP contribution in [0.15, 0.2) is 72.8 Å². The largest absolute Gasteiger partial charge is 0.491 e. The maximum absolute atomic E-state index is 12.5. The Bertz CT molecular complexity index is 878. The zero-order chi connectivity index (χ0) is 18.5. The predicted molar refractivity (Wildman–Crippen MR) is 103 cm³/mol. The summed E-state index contributed by atoms with van der Waals surface area (Å²) in [4.78, 5) is 12.5. The van der Waals surface area contributed by atoms with Crippen LogP contribution in [-0.2, 0) is 0 Å². The van der Waals surface area contributed by atoms with Crippen LogP contribution in [0.3, 0.4) is 0 Å². The molecule has 3 heteroatoms. The minimum atomic E-state index is 0.00359. The van der Waals surface area contributed by atoms with Crippen LogP contribution in [0, 0.1) is 6.92 Å². The molecule has 26 heavy (non-hydrogen) atoms. The minimum Gasteiger partial charge on any atom is -0.491 e. The van der Waals surface area contributed by atoms with Gasteiger partial charge in [0.25, 0.3) is 0 Å². The molecule has 0 radical (unpaired) electrons. The van der Waals surface area contributed by atoms with Gasteiger partial charge in [-0.15, -0.1) is 0 Å². The molecule has 0 bridgehead atoms. The lowest BCUT2D eigenvalue weighted by Gasteiger charge is -2.11. The van der Waals surface area contributed by atoms with Gasteiger partial charge in [-0.05, 0) is 57.2 Å². The monoisotopic (exact) mass is 346 g/mol. The van der Waals surface area contributed by atoms with Gasteiger partial charge in [-0.25, -0.2) is 0 Å². The summed E-state index contributed by atoms with van der Waals surface area (Å²) in [5.74, 6) is 2.14. The second kappa shape index (κ2) is 7.87. The third-order valence-corrected chi connectivity index (χ3v) is 3.84. The smallest absolute Gasteiger partial charge is 0.193 e. The lowest BCUT2D eigenvalue weighted by Crippen LogP contribution is -2.05. The number of carbonyl (C=O) groups excluding carboxylic acids is 1. The summed E-state index contributed by atoms with van der Waals surface area (Å²) in [5, 5.41) is 0. The maximum atomic E-state index is 12.5. The zero-order valence-corrected chi connectivity index (χ0v) is 15.2. The van der Waals surface area contributed by atoms with Gasteiger partial charge in [0, 0.05) is 17.2 Å². The molecule has 0 aromatic heterocycles. The molecule has 3 rings (SSSR count). The Labute approximate surface area is 154 Å². The molecule has 0 heterocycles. The maximum Gasteiger partial charge on any atom is 0.193 e. The van der Waals surface area contributed by atoms with E-state index in [1.54, 1.807) is 24.3 Å². The van der Waals surface area contributed by atoms with E-state index in [4.69, 9.17) is 9.47 Å². The molecule has 0 amide bonds. The van der Waals surface area contributed by atoms with Gasteiger partial charge in [0.05, 0.1) is 6.10 Å². The normalized spacial score (nSPS) is 10.6. The molecule has 3 aromatic rings. The molecule has 3 nitrogen and oxygen atoms in total. The van der Waals surface area contributed by atoms with E-state index in [9.17, 15) is 4.79 Å². The van der Waals surface area contributed by atoms with Crippen LogP contribution >= 0.6 is 0 Å². The molecule has 0 fully saturated rings. The first kappa shape index (κ1) is 17.7. The second-order valence-electron chi connectivity index (χ2n) is 6.46. The summed E-state index contributed by atoms with van der Waals surface area (Å²) < 4.78 is 11.5. The van der Waals surface area contributed by atoms with Crippen molar-refractivity contribution in [3.05, 3.63) is 89.5 Å². The number of rotatable bonds is 6. The van der Waals surface area contributed by atoms with Crippen molar-refractivity contribution in [3.8, 4) is 17.2 Å². The fraction of sp³-hybridized carbons (Fsp3) is 0.174. The van der Waals surface area contributed by atoms with Crippen LogP contribution in [-0.4, -0.2) is 11.9 Å². The van der Waals surface area contributed by atoms with E-state index < -0.39 is 0 Å². The van der Waals surface area contributed by atoms with Crippen molar-refractivity contribution < 1.29 is 14.3 Å². The number of ether oxygens (including phenoxy) is 2. The van der Waals surface area contributed by atoms with Crippen molar-refractivity contribution in [2.75, 3.05) is 0 Å². The molecular weight excluding hydrogens is 324 g/mol. The number of aryl methyl sites for hydroxylation is 1. The summed E-state index contributed by atoms with van der Waals surface area (Å²) in [6.07, 6.45) is 0.109. The van der Waals surface area contributed by atoms with E-state index in [2.05, 4.69) is 0 Å². The molecule has 3 aromatic carbocycles. The number of carbonyl (C=O) groups is 1. The molecule has 0 aliphatic carbocycles. The Morgan fingerprint density at radius 3 is 1.96 bits per heavy atom. The number of benzene rings is 3. The van der Waals surface area contributed by atoms with Gasteiger partial charge in [-0.2, -0.15) is 0 Å². The van der Waals surface area contributed by atoms with Gasteiger partial charge < -0.3 is 9.47 Å². The summed E-state index contributed by atoms with van der Waals surface area (Å²) in [7, 11) is 0. The van der Waals surface area contributed by atoms with Gasteiger partial charge >= 0.3 is 0 Å². The minimum absolute atomic E-state index is 0.00359. The molecule has 0 saturated carbocycles. The fourth-order valence-corrected chi connectivity index (χ4v) is 2.57. The number of hydrogen-bond acceptors (Lipinski definition) is 3. The molecule has 0 spiro atoms. The van der Waals surface area contributed by atoms with E-state index in [0.29, 0.717) is 22.6 Å². The first-order chi connectivity index (χ1) is 12.5. The quantitative estimate of drug-likeness (QED) is 0.529. The highest BCUT2D eigenvalue weighted by molar-refractivity contribution is 6.09. The topological polar surface area (TPSA) is 35.5 Å². The van der Waals surface area contributed by atoms with Crippen LogP contribution in [0.2, 0.25) is 0 Å². The Morgan fingerprint density at radius 2 is 1.35 bits per heavy atom. The van der Waals surface area contributed by atoms with E-state index in [0.717, 1.165) is 11.3 Å². The van der Waals surface area contributed by atoms with Crippen LogP contribution < -0.4 is 9.47 Å². The average Bonchev–Trinajstić information content (AvgIpc) is 2.62. The Hall–Kier alpha value is -3.07. The van der Waals surface area contributed by atoms with Crippen LogP contribution in [0.25, 0.3) is 0 Å². The van der Waals surface area contributed by atoms with Crippen LogP contribution in [0.4, 0.5) is 0 Å². The first-order valence-corrected chi connectivity index (χ1v) is 8.67. The Kier molecular flexibility index (Phi) is 5.37. The van der Waals surface area contributed by atoms with Crippen LogP contribution in [0.5, 0.6) is 17.2 Å². The highest BCUT2D eigenvalue weighted by atomic mass is 16.5. The van der Waals surface area contributed by atoms with Gasteiger partial charge in [0.15, 0.2) is 5.78 Å². The molecule has 0 aliphatic heterocycles. The van der Waals surface area contributed by atoms with Crippen molar-refractivity contribution >= 4 is 5.78 Å². The second-order valence-corrected chi connectivity index (χ2v) is 6.46. The van der Waals surface area contributed by atoms with E-state index in [1.165, 1.54) is 0 Å². The van der Waals surface area contributed by atoms with Crippen molar-refractivity contribution in [2.45, 2.75) is 26.9 Å². The molecule has 132 valence electrons. The predicted octanol–water partition coefficient (Wildman–Crippen LogP) is 5.81. The van der Waals surface area contributed by atoms with Crippen molar-refractivity contribution in [2.24, 2.45) is 0 Å². The molecule has 0 N–H and O–H groups in total. The third-order valence-electron chi connectivity index (χ3n) is 3.84. The van der Waals surface area contributed by atoms with E-state index >= 15 is 0 Å². The molecule has 0 unspecified atom stereocenters. The highest BCUT2D eigenvalue weighted by Gasteiger charge is 2.09. The SMILES string of the molecule is Cc1ccc(C(=O)c2ccc(Oc3cccc(OC(C)C)c3)cc2)cc1. The van der Waals surface area contributed by atoms with Crippen LogP contribution in [0.1, 0.15) is 35.3 Å². The van der Waals surface area contributed by atoms with Gasteiger partial charge in [-0.1, -0.05) is 35.9 Å². The van der Waals surface area contributed by atoms with Gasteiger partial charge in [-0.3, -0.25) is 4.79 Å². The Morgan fingerprint density at radius 1 is 0.769 bits per heavy atom. The average molecular weight is 346 g/mol. The summed E-state index contributed by atoms with van der Waals surface area (Å²) in [5.41, 5.74) is 2.45. The lowest BCUT2D eigenvalue weighted by molar-refractivity contribution is 0.103. The van der Waals surface area contributed by atoms with Crippen molar-refractivity contribution in [1.82, 2.24) is 0 Å². The molecular formula is C23H22O3. The number of ketones is 1. The van der Waals surface area contributed by atoms with Gasteiger partial charge in [0.1, 0.15) is 17.2 Å². The first-order valence-electron chi connectivity index (χ1n) is 8.67. The third kappa shape index (κ3) is 4.51. The summed E-state index contributed by atoms with van der Waals surface area (Å²) in [6, 6.07) is 22.3. The molecule has 0 aliphatic rings. The fourth-order valence-electron chi connectivity index (χ4n) is 2.57. The van der Waals surface area contributed by atoms with Crippen molar-refractivity contribution in [1.29, 1.82) is 0 Å². The number of hydrogen-bond donors (Lipinski definition) is 0. The zero-order valence-electron chi connectivity index (χ0n) is 15.2. The standard InChI is InChI=1S/C23H22O3/c1-16(2)25-21-5-4-6-22(15-21)26-20-13-11-19(12-14-20)23(24)18-9-7-17(3)8-10-18/h4-16H,1-3H3. The van der Waals surface area contributed by atoms with Crippen molar-refractivity contribution in [3.63, 3.8) is 0 Å². The Balaban J connectivity index is 1.71. The molecule has 0 atom stereocenters. The summed E-state index contributed by atoms with van der Waals surface area (Å²) >= 11 is 0. The summed E-state index contributed by atoms with van der Waals surface area (Å²) in [6.45, 7) is 5.97. The lowest BCUT2D eigenvalue weighted by atomic mass is 10.0. The van der Waals surface area contributed by atoms with E-state index in [-0.39, 0.29) is 11.9 Å². The highest BCUT2D eigenvalue weighted by Crippen LogP contribution is 2.26. The van der Waals surface area contributed by atoms with E-state index in [1.807, 2.05) is 69.3 Å². The molecule has 0 saturated heterocycles. The van der Waals surface area contributed by atoms with Gasteiger partial charge in [0.2, 0.25) is 0 Å².